The summed E-state index contributed by atoms with van der Waals surface area (Å²) in [5.41, 5.74) is 3.22. The molecule has 1 aliphatic heterocycles. The van der Waals surface area contributed by atoms with Crippen molar-refractivity contribution in [1.82, 2.24) is 4.90 Å². The van der Waals surface area contributed by atoms with Gasteiger partial charge in [-0.3, -0.25) is 9.59 Å². The van der Waals surface area contributed by atoms with Crippen LogP contribution in [0.2, 0.25) is 0 Å². The molecule has 4 rings (SSSR count). The van der Waals surface area contributed by atoms with Crippen molar-refractivity contribution in [2.75, 3.05) is 11.9 Å². The van der Waals surface area contributed by atoms with Crippen molar-refractivity contribution in [3.8, 4) is 5.75 Å². The first-order valence-electron chi connectivity index (χ1n) is 10.1. The van der Waals surface area contributed by atoms with E-state index in [0.29, 0.717) is 36.6 Å². The molecular formula is C25H24N2O3. The average Bonchev–Trinajstić information content (AvgIpc) is 3.11. The highest BCUT2D eigenvalue weighted by Gasteiger charge is 2.36. The van der Waals surface area contributed by atoms with Crippen molar-refractivity contribution >= 4 is 17.5 Å². The summed E-state index contributed by atoms with van der Waals surface area (Å²) in [5.74, 6) is 0.273. The Morgan fingerprint density at radius 3 is 2.47 bits per heavy atom. The number of para-hydroxylation sites is 2. The third-order valence-electron chi connectivity index (χ3n) is 5.24. The highest BCUT2D eigenvalue weighted by molar-refractivity contribution is 6.04. The molecule has 0 unspecified atom stereocenters. The van der Waals surface area contributed by atoms with Gasteiger partial charge in [0.1, 0.15) is 11.8 Å². The van der Waals surface area contributed by atoms with E-state index in [4.69, 9.17) is 4.74 Å². The van der Waals surface area contributed by atoms with E-state index in [1.807, 2.05) is 85.8 Å². The van der Waals surface area contributed by atoms with E-state index in [1.165, 1.54) is 0 Å². The monoisotopic (exact) mass is 400 g/mol. The number of hydrogen-bond acceptors (Lipinski definition) is 3. The summed E-state index contributed by atoms with van der Waals surface area (Å²) in [4.78, 5) is 28.1. The second-order valence-corrected chi connectivity index (χ2v) is 7.21. The molecule has 5 heteroatoms. The van der Waals surface area contributed by atoms with Gasteiger partial charge in [0.2, 0.25) is 5.91 Å². The van der Waals surface area contributed by atoms with Crippen molar-refractivity contribution in [1.29, 1.82) is 0 Å². The maximum absolute atomic E-state index is 13.4. The smallest absolute Gasteiger partial charge is 0.255 e. The molecule has 5 nitrogen and oxygen atoms in total. The van der Waals surface area contributed by atoms with Crippen molar-refractivity contribution in [3.63, 3.8) is 0 Å². The number of carbonyl (C=O) groups excluding carboxylic acids is 2. The Bertz CT molecular complexity index is 1050. The van der Waals surface area contributed by atoms with Gasteiger partial charge in [0.05, 0.1) is 12.3 Å². The average molecular weight is 400 g/mol. The highest BCUT2D eigenvalue weighted by Crippen LogP contribution is 2.28. The predicted molar refractivity (Wildman–Crippen MR) is 116 cm³/mol. The third kappa shape index (κ3) is 4.06. The maximum Gasteiger partial charge on any atom is 0.255 e. The number of nitrogens with one attached hydrogen (secondary N) is 1. The van der Waals surface area contributed by atoms with Crippen LogP contribution < -0.4 is 10.1 Å². The van der Waals surface area contributed by atoms with E-state index in [-0.39, 0.29) is 11.8 Å². The SMILES string of the molecule is CCOc1ccccc1NC(=O)[C@@H](Cc1ccccc1)N1Cc2ccccc2C1=O. The van der Waals surface area contributed by atoms with Gasteiger partial charge < -0.3 is 15.0 Å². The Kier molecular flexibility index (Phi) is 5.80. The molecule has 1 heterocycles. The molecule has 30 heavy (non-hydrogen) atoms. The first-order chi connectivity index (χ1) is 14.7. The molecule has 0 saturated carbocycles. The van der Waals surface area contributed by atoms with E-state index in [9.17, 15) is 9.59 Å². The van der Waals surface area contributed by atoms with E-state index in [1.54, 1.807) is 4.90 Å². The van der Waals surface area contributed by atoms with Crippen molar-refractivity contribution in [3.05, 3.63) is 95.6 Å². The van der Waals surface area contributed by atoms with Gasteiger partial charge in [-0.1, -0.05) is 60.7 Å². The molecule has 1 aliphatic rings. The molecule has 1 atom stereocenters. The molecule has 0 saturated heterocycles. The summed E-state index contributed by atoms with van der Waals surface area (Å²) >= 11 is 0. The fourth-order valence-corrected chi connectivity index (χ4v) is 3.78. The summed E-state index contributed by atoms with van der Waals surface area (Å²) in [6.45, 7) is 2.82. The quantitative estimate of drug-likeness (QED) is 0.644. The molecule has 1 N–H and O–H groups in total. The molecule has 0 bridgehead atoms. The minimum Gasteiger partial charge on any atom is -0.492 e. The minimum atomic E-state index is -0.637. The van der Waals surface area contributed by atoms with Crippen LogP contribution in [0.5, 0.6) is 5.75 Å². The highest BCUT2D eigenvalue weighted by atomic mass is 16.5. The lowest BCUT2D eigenvalue weighted by molar-refractivity contribution is -0.120. The number of rotatable bonds is 7. The Balaban J connectivity index is 1.63. The fourth-order valence-electron chi connectivity index (χ4n) is 3.78. The van der Waals surface area contributed by atoms with Gasteiger partial charge in [0.25, 0.3) is 5.91 Å². The lowest BCUT2D eigenvalue weighted by Gasteiger charge is -2.27. The van der Waals surface area contributed by atoms with Gasteiger partial charge in [0.15, 0.2) is 0 Å². The topological polar surface area (TPSA) is 58.6 Å². The van der Waals surface area contributed by atoms with Crippen LogP contribution in [-0.2, 0) is 17.8 Å². The van der Waals surface area contributed by atoms with Crippen LogP contribution in [0.3, 0.4) is 0 Å². The van der Waals surface area contributed by atoms with Gasteiger partial charge in [-0.15, -0.1) is 0 Å². The largest absolute Gasteiger partial charge is 0.492 e. The molecule has 0 aliphatic carbocycles. The van der Waals surface area contributed by atoms with E-state index in [0.717, 1.165) is 11.1 Å². The number of nitrogens with zero attached hydrogens (tertiary/aromatic N) is 1. The standard InChI is InChI=1S/C25H24N2O3/c1-2-30-23-15-9-8-14-21(23)26-24(28)22(16-18-10-4-3-5-11-18)27-17-19-12-6-7-13-20(19)25(27)29/h3-15,22H,2,16-17H2,1H3,(H,26,28)/t22-/m1/s1. The summed E-state index contributed by atoms with van der Waals surface area (Å²) in [7, 11) is 0. The van der Waals surface area contributed by atoms with Crippen LogP contribution in [0.4, 0.5) is 5.69 Å². The van der Waals surface area contributed by atoms with Crippen LogP contribution >= 0.6 is 0 Å². The number of fused-ring (bicyclic) bond motifs is 1. The number of hydrogen-bond donors (Lipinski definition) is 1. The fraction of sp³-hybridized carbons (Fsp3) is 0.200. The third-order valence-corrected chi connectivity index (χ3v) is 5.24. The first kappa shape index (κ1) is 19.7. The Labute approximate surface area is 176 Å². The number of anilines is 1. The van der Waals surface area contributed by atoms with Crippen molar-refractivity contribution in [2.24, 2.45) is 0 Å². The molecule has 3 aromatic carbocycles. The van der Waals surface area contributed by atoms with Gasteiger partial charge in [-0.2, -0.15) is 0 Å². The molecule has 0 fully saturated rings. The normalized spacial score (nSPS) is 13.6. The number of benzene rings is 3. The van der Waals surface area contributed by atoms with E-state index < -0.39 is 6.04 Å². The van der Waals surface area contributed by atoms with Gasteiger partial charge >= 0.3 is 0 Å². The molecular weight excluding hydrogens is 376 g/mol. The molecule has 3 aromatic rings. The predicted octanol–water partition coefficient (Wildman–Crippen LogP) is 4.29. The van der Waals surface area contributed by atoms with Gasteiger partial charge in [-0.05, 0) is 36.2 Å². The second-order valence-electron chi connectivity index (χ2n) is 7.21. The van der Waals surface area contributed by atoms with Crippen LogP contribution in [-0.4, -0.2) is 29.4 Å². The van der Waals surface area contributed by atoms with E-state index in [2.05, 4.69) is 5.32 Å². The zero-order chi connectivity index (χ0) is 20.9. The van der Waals surface area contributed by atoms with Crippen molar-refractivity contribution < 1.29 is 14.3 Å². The number of ether oxygens (including phenoxy) is 1. The van der Waals surface area contributed by atoms with Gasteiger partial charge in [-0.25, -0.2) is 0 Å². The maximum atomic E-state index is 13.4. The van der Waals surface area contributed by atoms with Crippen LogP contribution in [0.1, 0.15) is 28.4 Å². The van der Waals surface area contributed by atoms with Crippen LogP contribution in [0.25, 0.3) is 0 Å². The molecule has 2 amide bonds. The first-order valence-corrected chi connectivity index (χ1v) is 10.1. The lowest BCUT2D eigenvalue weighted by atomic mass is 10.0. The second kappa shape index (κ2) is 8.82. The Morgan fingerprint density at radius 2 is 1.70 bits per heavy atom. The number of amides is 2. The van der Waals surface area contributed by atoms with Crippen LogP contribution in [0, 0.1) is 0 Å². The zero-order valence-corrected chi connectivity index (χ0v) is 16.9. The summed E-state index contributed by atoms with van der Waals surface area (Å²) < 4.78 is 5.64. The summed E-state index contributed by atoms with van der Waals surface area (Å²) in [5, 5.41) is 2.98. The van der Waals surface area contributed by atoms with Crippen LogP contribution in [0.15, 0.2) is 78.9 Å². The molecule has 0 aromatic heterocycles. The summed E-state index contributed by atoms with van der Waals surface area (Å²) in [6, 6.07) is 24.0. The lowest BCUT2D eigenvalue weighted by Crippen LogP contribution is -2.45. The van der Waals surface area contributed by atoms with Crippen molar-refractivity contribution in [2.45, 2.75) is 25.9 Å². The molecule has 152 valence electrons. The zero-order valence-electron chi connectivity index (χ0n) is 16.9. The summed E-state index contributed by atoms with van der Waals surface area (Å²) in [6.07, 6.45) is 0.434. The van der Waals surface area contributed by atoms with Gasteiger partial charge in [0, 0.05) is 18.5 Å². The molecule has 0 spiro atoms. The minimum absolute atomic E-state index is 0.111. The Hall–Kier alpha value is -3.60. The van der Waals surface area contributed by atoms with E-state index >= 15 is 0 Å². The Morgan fingerprint density at radius 1 is 1.00 bits per heavy atom. The molecule has 0 radical (unpaired) electrons. The number of carbonyl (C=O) groups is 2.